The number of rotatable bonds is 7. The molecule has 3 aromatic carbocycles. The highest BCUT2D eigenvalue weighted by Crippen LogP contribution is 2.50. The maximum Gasteiger partial charge on any atom is 0.306 e. The number of hydrogen-bond donors (Lipinski definition) is 3. The molecule has 0 saturated carbocycles. The number of methoxy groups -OCH3 is 3. The van der Waals surface area contributed by atoms with E-state index in [0.717, 1.165) is 0 Å². The molecule has 186 valence electrons. The van der Waals surface area contributed by atoms with Gasteiger partial charge in [-0.15, -0.1) is 0 Å². The molecule has 36 heavy (non-hydrogen) atoms. The van der Waals surface area contributed by atoms with Crippen LogP contribution in [-0.4, -0.2) is 42.6 Å². The molecule has 0 radical (unpaired) electrons. The number of benzene rings is 3. The molecule has 0 aliphatic rings. The lowest BCUT2D eigenvalue weighted by atomic mass is 9.85. The van der Waals surface area contributed by atoms with Crippen LogP contribution in [0, 0.1) is 0 Å². The number of esters is 1. The van der Waals surface area contributed by atoms with Crippen molar-refractivity contribution in [1.29, 1.82) is 0 Å². The van der Waals surface area contributed by atoms with Gasteiger partial charge in [0.1, 0.15) is 28.2 Å². The summed E-state index contributed by atoms with van der Waals surface area (Å²) in [6.45, 7) is 0. The van der Waals surface area contributed by atoms with E-state index in [2.05, 4.69) is 0 Å². The van der Waals surface area contributed by atoms with Crippen LogP contribution in [0.1, 0.15) is 23.5 Å². The van der Waals surface area contributed by atoms with E-state index < -0.39 is 34.6 Å². The first-order chi connectivity index (χ1) is 17.3. The van der Waals surface area contributed by atoms with Crippen molar-refractivity contribution in [2.75, 3.05) is 21.3 Å². The highest BCUT2D eigenvalue weighted by molar-refractivity contribution is 5.93. The van der Waals surface area contributed by atoms with Crippen LogP contribution in [0.5, 0.6) is 28.7 Å². The van der Waals surface area contributed by atoms with Gasteiger partial charge in [0.05, 0.1) is 27.8 Å². The van der Waals surface area contributed by atoms with Gasteiger partial charge in [-0.2, -0.15) is 0 Å². The van der Waals surface area contributed by atoms with Crippen LogP contribution in [0.4, 0.5) is 0 Å². The molecule has 9 heteroatoms. The van der Waals surface area contributed by atoms with E-state index in [9.17, 15) is 24.9 Å². The number of phenols is 3. The topological polar surface area (TPSA) is 136 Å². The minimum absolute atomic E-state index is 0.0871. The molecule has 0 unspecified atom stereocenters. The van der Waals surface area contributed by atoms with Crippen molar-refractivity contribution in [1.82, 2.24) is 0 Å². The zero-order chi connectivity index (χ0) is 26.0. The first-order valence-corrected chi connectivity index (χ1v) is 10.9. The number of phenolic OH excluding ortho intramolecular Hbond substituents is 3. The molecule has 4 rings (SSSR count). The van der Waals surface area contributed by atoms with Crippen LogP contribution in [0.25, 0.3) is 22.3 Å². The molecule has 0 aliphatic carbocycles. The Morgan fingerprint density at radius 2 is 1.53 bits per heavy atom. The number of carbonyl (C=O) groups is 1. The van der Waals surface area contributed by atoms with Gasteiger partial charge in [0.25, 0.3) is 0 Å². The summed E-state index contributed by atoms with van der Waals surface area (Å²) in [4.78, 5) is 25.6. The van der Waals surface area contributed by atoms with Gasteiger partial charge in [-0.3, -0.25) is 9.59 Å². The molecular weight excluding hydrogens is 468 g/mol. The van der Waals surface area contributed by atoms with Gasteiger partial charge in [-0.25, -0.2) is 0 Å². The predicted molar refractivity (Wildman–Crippen MR) is 131 cm³/mol. The van der Waals surface area contributed by atoms with Gasteiger partial charge >= 0.3 is 5.97 Å². The van der Waals surface area contributed by atoms with Gasteiger partial charge in [0, 0.05) is 29.2 Å². The second-order valence-electron chi connectivity index (χ2n) is 7.98. The fourth-order valence-corrected chi connectivity index (χ4v) is 4.11. The molecular formula is C27H24O9. The summed E-state index contributed by atoms with van der Waals surface area (Å²) in [5.74, 6) is -3.16. The highest BCUT2D eigenvalue weighted by Gasteiger charge is 2.31. The van der Waals surface area contributed by atoms with E-state index in [4.69, 9.17) is 18.6 Å². The summed E-state index contributed by atoms with van der Waals surface area (Å²) in [6.07, 6.45) is -0.307. The standard InChI is InChI=1S/C27H24O9/c1-33-16-9-15(10-17(11-16)34-2)18(12-21(29)35-3)22-24(30)26(32)25(31)23-19(28)13-20(36-27(22)23)14-7-5-4-6-8-14/h4-11,13,18,30-32H,12H2,1-3H3/t18-/m0/s1. The lowest BCUT2D eigenvalue weighted by molar-refractivity contribution is -0.140. The molecule has 9 nitrogen and oxygen atoms in total. The number of aromatic hydroxyl groups is 3. The Morgan fingerprint density at radius 1 is 0.889 bits per heavy atom. The molecule has 1 heterocycles. The number of hydrogen-bond acceptors (Lipinski definition) is 9. The van der Waals surface area contributed by atoms with Crippen LogP contribution < -0.4 is 14.9 Å². The van der Waals surface area contributed by atoms with Crippen molar-refractivity contribution in [2.45, 2.75) is 12.3 Å². The van der Waals surface area contributed by atoms with Crippen molar-refractivity contribution in [3.63, 3.8) is 0 Å². The zero-order valence-electron chi connectivity index (χ0n) is 19.8. The lowest BCUT2D eigenvalue weighted by Gasteiger charge is -2.22. The van der Waals surface area contributed by atoms with E-state index in [1.807, 2.05) is 0 Å². The third-order valence-corrected chi connectivity index (χ3v) is 5.91. The predicted octanol–water partition coefficient (Wildman–Crippen LogP) is 4.29. The van der Waals surface area contributed by atoms with E-state index in [-0.39, 0.29) is 28.7 Å². The van der Waals surface area contributed by atoms with E-state index in [0.29, 0.717) is 22.6 Å². The second-order valence-corrected chi connectivity index (χ2v) is 7.98. The van der Waals surface area contributed by atoms with E-state index >= 15 is 0 Å². The summed E-state index contributed by atoms with van der Waals surface area (Å²) in [6, 6.07) is 14.8. The first-order valence-electron chi connectivity index (χ1n) is 10.9. The van der Waals surface area contributed by atoms with Gasteiger partial charge in [-0.05, 0) is 17.7 Å². The van der Waals surface area contributed by atoms with Crippen molar-refractivity contribution < 1.29 is 38.7 Å². The van der Waals surface area contributed by atoms with Crippen LogP contribution >= 0.6 is 0 Å². The Hall–Kier alpha value is -4.66. The Labute approximate surface area is 205 Å². The molecule has 1 atom stereocenters. The molecule has 4 aromatic rings. The monoisotopic (exact) mass is 492 g/mol. The van der Waals surface area contributed by atoms with Crippen molar-refractivity contribution in [3.05, 3.63) is 75.9 Å². The minimum atomic E-state index is -0.996. The average Bonchev–Trinajstić information content (AvgIpc) is 2.90. The third-order valence-electron chi connectivity index (χ3n) is 5.91. The third kappa shape index (κ3) is 4.38. The van der Waals surface area contributed by atoms with Gasteiger partial charge in [0.15, 0.2) is 16.9 Å². The molecule has 0 fully saturated rings. The minimum Gasteiger partial charge on any atom is -0.504 e. The smallest absolute Gasteiger partial charge is 0.306 e. The molecule has 1 aromatic heterocycles. The molecule has 3 N–H and O–H groups in total. The summed E-state index contributed by atoms with van der Waals surface area (Å²) in [5.41, 5.74) is 0.0815. The van der Waals surface area contributed by atoms with E-state index in [1.54, 1.807) is 48.5 Å². The number of ether oxygens (including phenoxy) is 3. The van der Waals surface area contributed by atoms with Gasteiger partial charge in [0.2, 0.25) is 5.75 Å². The average molecular weight is 492 g/mol. The zero-order valence-corrected chi connectivity index (χ0v) is 19.8. The number of carbonyl (C=O) groups excluding carboxylic acids is 1. The summed E-state index contributed by atoms with van der Waals surface area (Å²) < 4.78 is 21.6. The summed E-state index contributed by atoms with van der Waals surface area (Å²) in [5, 5.41) is 31.8. The Bertz CT molecular complexity index is 1470. The molecule has 0 bridgehead atoms. The van der Waals surface area contributed by atoms with E-state index in [1.165, 1.54) is 27.4 Å². The number of fused-ring (bicyclic) bond motifs is 1. The quantitative estimate of drug-likeness (QED) is 0.255. The van der Waals surface area contributed by atoms with Crippen LogP contribution in [0.15, 0.2) is 63.8 Å². The maximum atomic E-state index is 13.1. The Balaban J connectivity index is 2.10. The normalized spacial score (nSPS) is 11.8. The fraction of sp³-hybridized carbons (Fsp3) is 0.185. The first kappa shape index (κ1) is 24.5. The molecule has 0 spiro atoms. The lowest BCUT2D eigenvalue weighted by Crippen LogP contribution is -2.13. The maximum absolute atomic E-state index is 13.1. The van der Waals surface area contributed by atoms with Crippen LogP contribution in [0.3, 0.4) is 0 Å². The Morgan fingerprint density at radius 3 is 2.11 bits per heavy atom. The Kier molecular flexibility index (Phi) is 6.73. The summed E-state index contributed by atoms with van der Waals surface area (Å²) in [7, 11) is 4.13. The van der Waals surface area contributed by atoms with Crippen molar-refractivity contribution in [2.24, 2.45) is 0 Å². The SMILES string of the molecule is COC(=O)C[C@@H](c1cc(OC)cc(OC)c1)c1c(O)c(O)c(O)c2c(=O)cc(-c3ccccc3)oc12. The fourth-order valence-electron chi connectivity index (χ4n) is 4.11. The van der Waals surface area contributed by atoms with Gasteiger partial charge in [-0.1, -0.05) is 30.3 Å². The molecule has 0 amide bonds. The highest BCUT2D eigenvalue weighted by atomic mass is 16.5. The summed E-state index contributed by atoms with van der Waals surface area (Å²) >= 11 is 0. The van der Waals surface area contributed by atoms with Crippen molar-refractivity contribution in [3.8, 4) is 40.1 Å². The second kappa shape index (κ2) is 9.91. The largest absolute Gasteiger partial charge is 0.504 e. The molecule has 0 aliphatic heterocycles. The van der Waals surface area contributed by atoms with Gasteiger partial charge < -0.3 is 33.9 Å². The van der Waals surface area contributed by atoms with Crippen LogP contribution in [-0.2, 0) is 9.53 Å². The van der Waals surface area contributed by atoms with Crippen molar-refractivity contribution >= 4 is 16.9 Å². The molecule has 0 saturated heterocycles. The van der Waals surface area contributed by atoms with Crippen LogP contribution in [0.2, 0.25) is 0 Å².